The summed E-state index contributed by atoms with van der Waals surface area (Å²) in [6, 6.07) is 3.35. The second kappa shape index (κ2) is 5.72. The summed E-state index contributed by atoms with van der Waals surface area (Å²) >= 11 is 0. The largest absolute Gasteiger partial charge is 0.506 e. The van der Waals surface area contributed by atoms with E-state index in [1.54, 1.807) is 18.4 Å². The molecule has 0 aliphatic heterocycles. The van der Waals surface area contributed by atoms with Crippen LogP contribution in [-0.4, -0.2) is 32.9 Å². The number of aromatic nitrogens is 1. The first kappa shape index (κ1) is 11.1. The van der Waals surface area contributed by atoms with Crippen LogP contribution in [0.25, 0.3) is 0 Å². The van der Waals surface area contributed by atoms with Crippen molar-refractivity contribution in [2.24, 2.45) is 0 Å². The number of hydrogen-bond donors (Lipinski definition) is 2. The Labute approximate surface area is 85.8 Å². The molecule has 0 amide bonds. The summed E-state index contributed by atoms with van der Waals surface area (Å²) < 4.78 is 10.7. The minimum atomic E-state index is -0.750. The first-order valence-electron chi connectivity index (χ1n) is 4.33. The Bertz CT molecular complexity index is 300. The lowest BCUT2D eigenvalue weighted by Gasteiger charge is -2.02. The Balaban J connectivity index is 2.25. The van der Waals surface area contributed by atoms with Crippen molar-refractivity contribution < 1.29 is 9.32 Å². The predicted octanol–water partition coefficient (Wildman–Crippen LogP) is 0.255. The summed E-state index contributed by atoms with van der Waals surface area (Å²) in [6.07, 6.45) is 3.09. The Morgan fingerprint density at radius 2 is 2.36 bits per heavy atom. The van der Waals surface area contributed by atoms with Gasteiger partial charge in [0.25, 0.3) is 0 Å². The van der Waals surface area contributed by atoms with Gasteiger partial charge in [-0.3, -0.25) is 9.19 Å². The molecule has 0 aliphatic rings. The lowest BCUT2D eigenvalue weighted by atomic mass is 10.3. The van der Waals surface area contributed by atoms with E-state index in [1.807, 2.05) is 0 Å². The van der Waals surface area contributed by atoms with Crippen LogP contribution in [0.3, 0.4) is 0 Å². The van der Waals surface area contributed by atoms with Crippen LogP contribution in [0.1, 0.15) is 5.69 Å². The van der Waals surface area contributed by atoms with Crippen LogP contribution in [0.2, 0.25) is 0 Å². The monoisotopic (exact) mass is 214 g/mol. The second-order valence-electron chi connectivity index (χ2n) is 2.96. The zero-order valence-electron chi connectivity index (χ0n) is 8.06. The average molecular weight is 214 g/mol. The van der Waals surface area contributed by atoms with Gasteiger partial charge in [-0.25, -0.2) is 0 Å². The summed E-state index contributed by atoms with van der Waals surface area (Å²) in [5, 5.41) is 12.1. The third kappa shape index (κ3) is 4.34. The van der Waals surface area contributed by atoms with Crippen LogP contribution in [0.4, 0.5) is 0 Å². The highest BCUT2D eigenvalue weighted by molar-refractivity contribution is 7.84. The molecule has 5 heteroatoms. The molecule has 4 nitrogen and oxygen atoms in total. The van der Waals surface area contributed by atoms with Gasteiger partial charge < -0.3 is 10.4 Å². The topological polar surface area (TPSA) is 62.2 Å². The maximum absolute atomic E-state index is 10.7. The fourth-order valence-electron chi connectivity index (χ4n) is 0.954. The fourth-order valence-corrected chi connectivity index (χ4v) is 1.39. The van der Waals surface area contributed by atoms with E-state index >= 15 is 0 Å². The van der Waals surface area contributed by atoms with Crippen molar-refractivity contribution in [3.8, 4) is 5.75 Å². The molecule has 0 spiro atoms. The molecule has 0 fully saturated rings. The van der Waals surface area contributed by atoms with E-state index in [0.717, 1.165) is 5.69 Å². The molecule has 0 saturated heterocycles. The molecular formula is C9H14N2O2S. The number of aromatic hydroxyl groups is 1. The van der Waals surface area contributed by atoms with E-state index in [0.29, 0.717) is 18.8 Å². The van der Waals surface area contributed by atoms with Crippen molar-refractivity contribution in [3.63, 3.8) is 0 Å². The van der Waals surface area contributed by atoms with E-state index in [-0.39, 0.29) is 5.75 Å². The van der Waals surface area contributed by atoms with Gasteiger partial charge in [0.2, 0.25) is 0 Å². The Morgan fingerprint density at radius 1 is 1.57 bits per heavy atom. The van der Waals surface area contributed by atoms with Crippen molar-refractivity contribution >= 4 is 10.8 Å². The van der Waals surface area contributed by atoms with Crippen LogP contribution < -0.4 is 5.32 Å². The molecule has 1 aromatic rings. The highest BCUT2D eigenvalue weighted by atomic mass is 32.2. The Kier molecular flexibility index (Phi) is 4.55. The lowest BCUT2D eigenvalue weighted by molar-refractivity contribution is 0.472. The average Bonchev–Trinajstić information content (AvgIpc) is 2.15. The first-order chi connectivity index (χ1) is 6.68. The molecule has 0 bridgehead atoms. The van der Waals surface area contributed by atoms with Gasteiger partial charge in [-0.15, -0.1) is 0 Å². The molecule has 0 radical (unpaired) electrons. The van der Waals surface area contributed by atoms with Crippen molar-refractivity contribution in [2.45, 2.75) is 6.54 Å². The second-order valence-corrected chi connectivity index (χ2v) is 4.52. The number of rotatable bonds is 5. The molecule has 14 heavy (non-hydrogen) atoms. The van der Waals surface area contributed by atoms with E-state index < -0.39 is 10.8 Å². The predicted molar refractivity (Wildman–Crippen MR) is 56.5 cm³/mol. The third-order valence-corrected chi connectivity index (χ3v) is 2.46. The Morgan fingerprint density at radius 3 is 2.93 bits per heavy atom. The van der Waals surface area contributed by atoms with Crippen LogP contribution in [0.15, 0.2) is 18.3 Å². The third-order valence-electron chi connectivity index (χ3n) is 1.68. The highest BCUT2D eigenvalue weighted by Gasteiger charge is 1.95. The minimum Gasteiger partial charge on any atom is -0.506 e. The highest BCUT2D eigenvalue weighted by Crippen LogP contribution is 2.05. The molecule has 0 saturated carbocycles. The summed E-state index contributed by atoms with van der Waals surface area (Å²) in [6.45, 7) is 1.35. The summed E-state index contributed by atoms with van der Waals surface area (Å²) in [5.74, 6) is 0.821. The maximum Gasteiger partial charge on any atom is 0.133 e. The number of nitrogens with zero attached hydrogens (tertiary/aromatic N) is 1. The van der Waals surface area contributed by atoms with Gasteiger partial charge in [-0.2, -0.15) is 0 Å². The van der Waals surface area contributed by atoms with E-state index in [1.165, 1.54) is 6.20 Å². The molecule has 0 aromatic carbocycles. The van der Waals surface area contributed by atoms with Crippen molar-refractivity contribution in [2.75, 3.05) is 18.6 Å². The molecule has 1 unspecified atom stereocenters. The van der Waals surface area contributed by atoms with Crippen molar-refractivity contribution in [1.82, 2.24) is 10.3 Å². The lowest BCUT2D eigenvalue weighted by Crippen LogP contribution is -2.20. The molecule has 1 atom stereocenters. The van der Waals surface area contributed by atoms with E-state index in [4.69, 9.17) is 5.11 Å². The summed E-state index contributed by atoms with van der Waals surface area (Å²) in [7, 11) is -0.750. The normalized spacial score (nSPS) is 12.6. The van der Waals surface area contributed by atoms with Crippen LogP contribution in [0.5, 0.6) is 5.75 Å². The zero-order chi connectivity index (χ0) is 10.4. The number of pyridine rings is 1. The van der Waals surface area contributed by atoms with Crippen LogP contribution in [-0.2, 0) is 17.3 Å². The van der Waals surface area contributed by atoms with Gasteiger partial charge in [0.15, 0.2) is 0 Å². The number of nitrogens with one attached hydrogen (secondary N) is 1. The SMILES string of the molecule is CS(=O)CCNCc1ccc(O)cn1. The van der Waals surface area contributed by atoms with Crippen molar-refractivity contribution in [3.05, 3.63) is 24.0 Å². The standard InChI is InChI=1S/C9H14N2O2S/c1-14(13)5-4-10-6-8-2-3-9(12)7-11-8/h2-3,7,10,12H,4-6H2,1H3. The van der Waals surface area contributed by atoms with Crippen molar-refractivity contribution in [1.29, 1.82) is 0 Å². The quantitative estimate of drug-likeness (QED) is 0.690. The van der Waals surface area contributed by atoms with Gasteiger partial charge in [0, 0.05) is 35.9 Å². The van der Waals surface area contributed by atoms with Crippen LogP contribution in [0, 0.1) is 0 Å². The van der Waals surface area contributed by atoms with Gasteiger partial charge in [-0.1, -0.05) is 0 Å². The molecule has 1 aromatic heterocycles. The molecular weight excluding hydrogens is 200 g/mol. The van der Waals surface area contributed by atoms with E-state index in [9.17, 15) is 4.21 Å². The molecule has 0 aliphatic carbocycles. The van der Waals surface area contributed by atoms with Gasteiger partial charge in [0.1, 0.15) is 5.75 Å². The molecule has 1 heterocycles. The minimum absolute atomic E-state index is 0.170. The maximum atomic E-state index is 10.7. The van der Waals surface area contributed by atoms with Crippen LogP contribution >= 0.6 is 0 Å². The van der Waals surface area contributed by atoms with E-state index in [2.05, 4.69) is 10.3 Å². The first-order valence-corrected chi connectivity index (χ1v) is 6.06. The number of hydrogen-bond acceptors (Lipinski definition) is 4. The zero-order valence-corrected chi connectivity index (χ0v) is 8.88. The fraction of sp³-hybridized carbons (Fsp3) is 0.444. The van der Waals surface area contributed by atoms with Gasteiger partial charge >= 0.3 is 0 Å². The summed E-state index contributed by atoms with van der Waals surface area (Å²) in [4.78, 5) is 4.01. The molecule has 1 rings (SSSR count). The molecule has 78 valence electrons. The van der Waals surface area contributed by atoms with Gasteiger partial charge in [-0.05, 0) is 12.1 Å². The van der Waals surface area contributed by atoms with Gasteiger partial charge in [0.05, 0.1) is 11.9 Å². The Hall–Kier alpha value is -0.940. The smallest absolute Gasteiger partial charge is 0.133 e. The molecule has 2 N–H and O–H groups in total. The summed E-state index contributed by atoms with van der Waals surface area (Å²) in [5.41, 5.74) is 0.865.